The largest absolute Gasteiger partial charge is 0.496 e. The number of aliphatic hydroxyl groups excluding tert-OH is 2. The Balaban J connectivity index is 2.77. The summed E-state index contributed by atoms with van der Waals surface area (Å²) in [5, 5.41) is 31.5. The van der Waals surface area contributed by atoms with Gasteiger partial charge in [0.1, 0.15) is 23.6 Å². The molecule has 2 unspecified atom stereocenters. The molecule has 1 rings (SSSR count). The van der Waals surface area contributed by atoms with Crippen molar-refractivity contribution in [2.75, 3.05) is 13.7 Å². The van der Waals surface area contributed by atoms with Gasteiger partial charge in [0.2, 0.25) is 0 Å². The molecule has 4 N–H and O–H groups in total. The van der Waals surface area contributed by atoms with Crippen LogP contribution in [-0.4, -0.2) is 52.7 Å². The van der Waals surface area contributed by atoms with Crippen molar-refractivity contribution in [2.24, 2.45) is 0 Å². The minimum Gasteiger partial charge on any atom is -0.496 e. The van der Waals surface area contributed by atoms with Crippen LogP contribution in [0.2, 0.25) is 0 Å². The number of hydrogen-bond acceptors (Lipinski definition) is 6. The number of methoxy groups -OCH3 is 1. The number of hydrogen-bond donors (Lipinski definition) is 4. The van der Waals surface area contributed by atoms with Crippen molar-refractivity contribution in [1.82, 2.24) is 5.32 Å². The summed E-state index contributed by atoms with van der Waals surface area (Å²) < 4.78 is 10.1. The second kappa shape index (κ2) is 7.98. The Hall–Kier alpha value is -2.32. The van der Waals surface area contributed by atoms with Crippen molar-refractivity contribution >= 4 is 12.1 Å². The van der Waals surface area contributed by atoms with Crippen LogP contribution in [0.4, 0.5) is 4.79 Å². The number of rotatable bonds is 6. The normalized spacial score (nSPS) is 13.8. The predicted molar refractivity (Wildman–Crippen MR) is 85.2 cm³/mol. The quantitative estimate of drug-likeness (QED) is 0.615. The molecule has 0 spiro atoms. The van der Waals surface area contributed by atoms with Gasteiger partial charge in [0.05, 0.1) is 12.7 Å². The van der Waals surface area contributed by atoms with Crippen molar-refractivity contribution in [3.8, 4) is 5.75 Å². The van der Waals surface area contributed by atoms with E-state index in [9.17, 15) is 19.8 Å². The fourth-order valence-corrected chi connectivity index (χ4v) is 1.91. The molecule has 2 atom stereocenters. The van der Waals surface area contributed by atoms with E-state index in [1.54, 1.807) is 20.8 Å². The van der Waals surface area contributed by atoms with Gasteiger partial charge in [-0.25, -0.2) is 9.59 Å². The van der Waals surface area contributed by atoms with E-state index in [1.165, 1.54) is 25.3 Å². The summed E-state index contributed by atoms with van der Waals surface area (Å²) in [6.07, 6.45) is -3.43. The molecule has 0 fully saturated rings. The molecule has 0 aliphatic heterocycles. The van der Waals surface area contributed by atoms with Crippen LogP contribution in [-0.2, 0) is 4.74 Å². The minimum absolute atomic E-state index is 0.0100. The van der Waals surface area contributed by atoms with Gasteiger partial charge in [0, 0.05) is 12.1 Å². The first-order valence-corrected chi connectivity index (χ1v) is 7.29. The van der Waals surface area contributed by atoms with Gasteiger partial charge >= 0.3 is 12.1 Å². The van der Waals surface area contributed by atoms with Crippen LogP contribution in [0.25, 0.3) is 0 Å². The zero-order valence-corrected chi connectivity index (χ0v) is 14.1. The van der Waals surface area contributed by atoms with Gasteiger partial charge in [0.25, 0.3) is 0 Å². The number of carboxylic acids is 1. The molecule has 1 aromatic carbocycles. The first-order chi connectivity index (χ1) is 11.0. The lowest BCUT2D eigenvalue weighted by Gasteiger charge is -2.23. The van der Waals surface area contributed by atoms with E-state index in [4.69, 9.17) is 14.6 Å². The van der Waals surface area contributed by atoms with Gasteiger partial charge in [-0.1, -0.05) is 6.07 Å². The smallest absolute Gasteiger partial charge is 0.407 e. The number of aliphatic hydroxyl groups is 2. The van der Waals surface area contributed by atoms with Gasteiger partial charge in [0.15, 0.2) is 0 Å². The number of carbonyl (C=O) groups is 2. The molecule has 8 heteroatoms. The first kappa shape index (κ1) is 19.7. The lowest BCUT2D eigenvalue weighted by atomic mass is 10.0. The summed E-state index contributed by atoms with van der Waals surface area (Å²) >= 11 is 0. The lowest BCUT2D eigenvalue weighted by molar-refractivity contribution is 0.0118. The van der Waals surface area contributed by atoms with Crippen molar-refractivity contribution in [1.29, 1.82) is 0 Å². The van der Waals surface area contributed by atoms with Crippen LogP contribution < -0.4 is 10.1 Å². The minimum atomic E-state index is -1.38. The highest BCUT2D eigenvalue weighted by Gasteiger charge is 2.24. The van der Waals surface area contributed by atoms with Gasteiger partial charge in [-0.2, -0.15) is 0 Å². The third-order valence-corrected chi connectivity index (χ3v) is 3.02. The number of benzene rings is 1. The van der Waals surface area contributed by atoms with Crippen LogP contribution in [0.15, 0.2) is 18.2 Å². The molecule has 1 aromatic rings. The van der Waals surface area contributed by atoms with Crippen LogP contribution in [0, 0.1) is 0 Å². The summed E-state index contributed by atoms with van der Waals surface area (Å²) in [7, 11) is 1.32. The van der Waals surface area contributed by atoms with E-state index in [-0.39, 0.29) is 23.4 Å². The molecule has 1 amide bonds. The molecule has 0 saturated carbocycles. The Morgan fingerprint density at radius 1 is 1.25 bits per heavy atom. The Morgan fingerprint density at radius 2 is 1.88 bits per heavy atom. The molecule has 0 aromatic heterocycles. The van der Waals surface area contributed by atoms with Crippen molar-refractivity contribution in [3.63, 3.8) is 0 Å². The molecular formula is C16H23NO7. The number of carbonyl (C=O) groups excluding carboxylic acids is 1. The molecule has 0 aliphatic carbocycles. The molecule has 0 saturated heterocycles. The molecule has 0 aliphatic rings. The van der Waals surface area contributed by atoms with E-state index in [0.29, 0.717) is 0 Å². The van der Waals surface area contributed by atoms with E-state index >= 15 is 0 Å². The zero-order valence-electron chi connectivity index (χ0n) is 14.1. The van der Waals surface area contributed by atoms with Crippen LogP contribution in [0.5, 0.6) is 5.75 Å². The lowest BCUT2D eigenvalue weighted by Crippen LogP contribution is -2.38. The number of amides is 1. The Morgan fingerprint density at radius 3 is 2.38 bits per heavy atom. The van der Waals surface area contributed by atoms with Crippen LogP contribution in [0.1, 0.15) is 42.8 Å². The monoisotopic (exact) mass is 341 g/mol. The molecular weight excluding hydrogens is 318 g/mol. The van der Waals surface area contributed by atoms with Crippen LogP contribution in [0.3, 0.4) is 0 Å². The highest BCUT2D eigenvalue weighted by Crippen LogP contribution is 2.28. The maximum atomic E-state index is 11.5. The van der Waals surface area contributed by atoms with E-state index in [2.05, 4.69) is 5.32 Å². The Labute approximate surface area is 140 Å². The van der Waals surface area contributed by atoms with Crippen molar-refractivity contribution < 1.29 is 34.4 Å². The van der Waals surface area contributed by atoms with Crippen molar-refractivity contribution in [3.05, 3.63) is 29.3 Å². The van der Waals surface area contributed by atoms with E-state index in [1.807, 2.05) is 0 Å². The third-order valence-electron chi connectivity index (χ3n) is 3.02. The molecule has 0 bridgehead atoms. The van der Waals surface area contributed by atoms with Gasteiger partial charge in [-0.3, -0.25) is 0 Å². The maximum absolute atomic E-state index is 11.5. The summed E-state index contributed by atoms with van der Waals surface area (Å²) in [5.41, 5.74) is -0.478. The molecule has 0 heterocycles. The number of nitrogens with one attached hydrogen (secondary N) is 1. The van der Waals surface area contributed by atoms with E-state index in [0.717, 1.165) is 0 Å². The third kappa shape index (κ3) is 5.71. The topological polar surface area (TPSA) is 125 Å². The molecule has 0 radical (unpaired) electrons. The molecule has 134 valence electrons. The fraction of sp³-hybridized carbons (Fsp3) is 0.500. The van der Waals surface area contributed by atoms with E-state index < -0.39 is 29.9 Å². The summed E-state index contributed by atoms with van der Waals surface area (Å²) in [6.45, 7) is 4.85. The summed E-state index contributed by atoms with van der Waals surface area (Å²) in [4.78, 5) is 22.5. The SMILES string of the molecule is COc1cc(C(=O)O)ccc1C(O)C(O)CNC(=O)OC(C)(C)C. The number of alkyl carbamates (subject to hydrolysis) is 1. The highest BCUT2D eigenvalue weighted by atomic mass is 16.6. The van der Waals surface area contributed by atoms with Gasteiger partial charge in [-0.15, -0.1) is 0 Å². The van der Waals surface area contributed by atoms with Crippen LogP contribution >= 0.6 is 0 Å². The second-order valence-corrected chi connectivity index (χ2v) is 6.16. The highest BCUT2D eigenvalue weighted by molar-refractivity contribution is 5.88. The molecule has 8 nitrogen and oxygen atoms in total. The number of aromatic carboxylic acids is 1. The summed E-state index contributed by atoms with van der Waals surface area (Å²) in [6, 6.07) is 3.88. The standard InChI is InChI=1S/C16H23NO7/c1-16(2,3)24-15(22)17-8-11(18)13(19)10-6-5-9(14(20)21)7-12(10)23-4/h5-7,11,13,18-19H,8H2,1-4H3,(H,17,22)(H,20,21). The maximum Gasteiger partial charge on any atom is 0.407 e. The molecule has 24 heavy (non-hydrogen) atoms. The first-order valence-electron chi connectivity index (χ1n) is 7.29. The Bertz CT molecular complexity index is 595. The van der Waals surface area contributed by atoms with Gasteiger partial charge in [-0.05, 0) is 32.9 Å². The summed E-state index contributed by atoms with van der Waals surface area (Å²) in [5.74, 6) is -1.01. The van der Waals surface area contributed by atoms with Gasteiger partial charge < -0.3 is 30.1 Å². The van der Waals surface area contributed by atoms with Crippen molar-refractivity contribution in [2.45, 2.75) is 38.6 Å². The predicted octanol–water partition coefficient (Wildman–Crippen LogP) is 1.31. The number of ether oxygens (including phenoxy) is 2. The average Bonchev–Trinajstić information content (AvgIpc) is 2.49. The average molecular weight is 341 g/mol. The second-order valence-electron chi connectivity index (χ2n) is 6.16. The Kier molecular flexibility index (Phi) is 6.56. The zero-order chi connectivity index (χ0) is 18.5. The number of carboxylic acid groups (broad SMARTS) is 1. The fourth-order valence-electron chi connectivity index (χ4n) is 1.91.